The van der Waals surface area contributed by atoms with E-state index in [2.05, 4.69) is 15.2 Å². The average molecular weight is 387 g/mol. The van der Waals surface area contributed by atoms with Crippen molar-refractivity contribution in [2.24, 2.45) is 7.05 Å². The van der Waals surface area contributed by atoms with Crippen molar-refractivity contribution in [1.29, 1.82) is 0 Å². The number of nitrogens with one attached hydrogen (secondary N) is 1. The highest BCUT2D eigenvalue weighted by Crippen LogP contribution is 2.28. The lowest BCUT2D eigenvalue weighted by molar-refractivity contribution is -0.142. The van der Waals surface area contributed by atoms with E-state index in [-0.39, 0.29) is 12.5 Å². The Morgan fingerprint density at radius 1 is 1.18 bits per heavy atom. The maximum absolute atomic E-state index is 12.6. The Hall–Kier alpha value is -3.03. The molecule has 0 atom stereocenters. The maximum Gasteiger partial charge on any atom is 0.343 e. The van der Waals surface area contributed by atoms with Crippen LogP contribution in [0.1, 0.15) is 40.2 Å². The second-order valence-corrected chi connectivity index (χ2v) is 6.62. The van der Waals surface area contributed by atoms with Gasteiger partial charge in [0, 0.05) is 12.6 Å². The molecule has 0 radical (unpaired) electrons. The third-order valence-electron chi connectivity index (χ3n) is 4.86. The highest BCUT2D eigenvalue weighted by atomic mass is 16.6. The molecule has 0 fully saturated rings. The predicted octanol–water partition coefficient (Wildman–Crippen LogP) is 1.79. The Morgan fingerprint density at radius 3 is 2.71 bits per heavy atom. The van der Waals surface area contributed by atoms with Gasteiger partial charge < -0.3 is 19.5 Å². The zero-order chi connectivity index (χ0) is 20.1. The summed E-state index contributed by atoms with van der Waals surface area (Å²) in [5.41, 5.74) is 3.90. The number of nitrogens with zero attached hydrogens (tertiary/aromatic N) is 2. The minimum Gasteiger partial charge on any atom is -0.493 e. The summed E-state index contributed by atoms with van der Waals surface area (Å²) in [6.07, 6.45) is 4.33. The summed E-state index contributed by atoms with van der Waals surface area (Å²) in [5, 5.41) is 7.53. The number of ether oxygens (including phenoxy) is 3. The molecule has 1 amide bonds. The van der Waals surface area contributed by atoms with Crippen LogP contribution in [0.5, 0.6) is 11.5 Å². The van der Waals surface area contributed by atoms with Crippen LogP contribution in [0.3, 0.4) is 0 Å². The molecule has 8 heteroatoms. The monoisotopic (exact) mass is 387 g/mol. The lowest BCUT2D eigenvalue weighted by Gasteiger charge is -2.13. The number of hydrogen-bond donors (Lipinski definition) is 1. The second-order valence-electron chi connectivity index (χ2n) is 6.62. The first kappa shape index (κ1) is 19.7. The van der Waals surface area contributed by atoms with E-state index < -0.39 is 5.97 Å². The van der Waals surface area contributed by atoms with Gasteiger partial charge in [0.2, 0.25) is 0 Å². The molecule has 3 rings (SSSR count). The Kier molecular flexibility index (Phi) is 6.18. The number of hydrogen-bond acceptors (Lipinski definition) is 6. The smallest absolute Gasteiger partial charge is 0.343 e. The second kappa shape index (κ2) is 8.77. The molecule has 0 aliphatic heterocycles. The summed E-state index contributed by atoms with van der Waals surface area (Å²) in [6, 6.07) is 4.81. The molecular weight excluding hydrogens is 362 g/mol. The molecule has 28 heavy (non-hydrogen) atoms. The minimum absolute atomic E-state index is 0.219. The quantitative estimate of drug-likeness (QED) is 0.729. The van der Waals surface area contributed by atoms with Crippen molar-refractivity contribution in [3.63, 3.8) is 0 Å². The number of amides is 1. The summed E-state index contributed by atoms with van der Waals surface area (Å²) < 4.78 is 17.1. The fourth-order valence-corrected chi connectivity index (χ4v) is 3.36. The number of aryl methyl sites for hydroxylation is 2. The van der Waals surface area contributed by atoms with Gasteiger partial charge in [-0.1, -0.05) is 0 Å². The molecular formula is C20H25N3O5. The molecule has 0 bridgehead atoms. The van der Waals surface area contributed by atoms with E-state index in [1.807, 2.05) is 11.7 Å². The molecule has 1 heterocycles. The van der Waals surface area contributed by atoms with Crippen LogP contribution in [0, 0.1) is 0 Å². The van der Waals surface area contributed by atoms with E-state index in [1.165, 1.54) is 26.2 Å². The van der Waals surface area contributed by atoms with Crippen LogP contribution in [0.25, 0.3) is 0 Å². The van der Waals surface area contributed by atoms with Gasteiger partial charge in [0.05, 0.1) is 32.2 Å². The van der Waals surface area contributed by atoms with Crippen LogP contribution < -0.4 is 14.8 Å². The molecule has 0 unspecified atom stereocenters. The van der Waals surface area contributed by atoms with Gasteiger partial charge in [-0.3, -0.25) is 9.48 Å². The van der Waals surface area contributed by atoms with Gasteiger partial charge in [0.15, 0.2) is 18.1 Å². The zero-order valence-corrected chi connectivity index (χ0v) is 16.4. The first-order valence-corrected chi connectivity index (χ1v) is 9.23. The van der Waals surface area contributed by atoms with Gasteiger partial charge in [-0.2, -0.15) is 5.10 Å². The fourth-order valence-electron chi connectivity index (χ4n) is 3.36. The Balaban J connectivity index is 1.68. The summed E-state index contributed by atoms with van der Waals surface area (Å²) in [5.74, 6) is 0.0200. The van der Waals surface area contributed by atoms with Gasteiger partial charge in [-0.15, -0.1) is 0 Å². The van der Waals surface area contributed by atoms with Gasteiger partial charge in [-0.25, -0.2) is 4.79 Å². The van der Waals surface area contributed by atoms with Crippen LogP contribution >= 0.6 is 0 Å². The van der Waals surface area contributed by atoms with Crippen LogP contribution in [0.2, 0.25) is 0 Å². The Labute approximate surface area is 163 Å². The number of esters is 1. The van der Waals surface area contributed by atoms with Crippen LogP contribution in [-0.4, -0.2) is 42.5 Å². The van der Waals surface area contributed by atoms with Gasteiger partial charge in [0.25, 0.3) is 5.91 Å². The van der Waals surface area contributed by atoms with Crippen molar-refractivity contribution >= 4 is 11.9 Å². The molecule has 2 aromatic rings. The Morgan fingerprint density at radius 2 is 1.96 bits per heavy atom. The standard InChI is InChI=1S/C20H25N3O5/c1-23-16(14-6-4-5-7-15(14)22-23)11-21-20(25)13-8-9-17(18(10-13)26-2)28-12-19(24)27-3/h8-10H,4-7,11-12H2,1-3H3,(H,21,25). The molecule has 150 valence electrons. The third-order valence-corrected chi connectivity index (χ3v) is 4.86. The summed E-state index contributed by atoms with van der Waals surface area (Å²) in [6.45, 7) is 0.185. The number of carbonyl (C=O) groups is 2. The summed E-state index contributed by atoms with van der Waals surface area (Å²) in [7, 11) is 4.68. The van der Waals surface area contributed by atoms with E-state index in [4.69, 9.17) is 9.47 Å². The number of fused-ring (bicyclic) bond motifs is 1. The molecule has 0 spiro atoms. The molecule has 1 N–H and O–H groups in total. The van der Waals surface area contributed by atoms with Crippen molar-refractivity contribution < 1.29 is 23.8 Å². The van der Waals surface area contributed by atoms with E-state index in [9.17, 15) is 9.59 Å². The SMILES string of the molecule is COC(=O)COc1ccc(C(=O)NCc2c3c(nn2C)CCCC3)cc1OC. The molecule has 0 saturated carbocycles. The van der Waals surface area contributed by atoms with Crippen molar-refractivity contribution in [3.05, 3.63) is 40.7 Å². The lowest BCUT2D eigenvalue weighted by atomic mass is 9.96. The summed E-state index contributed by atoms with van der Waals surface area (Å²) >= 11 is 0. The van der Waals surface area contributed by atoms with Crippen LogP contribution in [0.4, 0.5) is 0 Å². The molecule has 1 aromatic carbocycles. The normalized spacial score (nSPS) is 12.8. The molecule has 8 nitrogen and oxygen atoms in total. The van der Waals surface area contributed by atoms with Crippen molar-refractivity contribution in [2.45, 2.75) is 32.2 Å². The Bertz CT molecular complexity index is 875. The van der Waals surface area contributed by atoms with Crippen LogP contribution in [-0.2, 0) is 36.0 Å². The number of rotatable bonds is 7. The molecule has 0 saturated heterocycles. The van der Waals surface area contributed by atoms with Crippen molar-refractivity contribution in [1.82, 2.24) is 15.1 Å². The molecule has 1 aromatic heterocycles. The maximum atomic E-state index is 12.6. The van der Waals surface area contributed by atoms with Gasteiger partial charge in [-0.05, 0) is 49.4 Å². The predicted molar refractivity (Wildman–Crippen MR) is 102 cm³/mol. The van der Waals surface area contributed by atoms with Crippen molar-refractivity contribution in [3.8, 4) is 11.5 Å². The van der Waals surface area contributed by atoms with E-state index >= 15 is 0 Å². The number of carbonyl (C=O) groups excluding carboxylic acids is 2. The largest absolute Gasteiger partial charge is 0.493 e. The first-order chi connectivity index (χ1) is 13.5. The van der Waals surface area contributed by atoms with Crippen molar-refractivity contribution in [2.75, 3.05) is 20.8 Å². The van der Waals surface area contributed by atoms with E-state index in [0.717, 1.165) is 30.7 Å². The third kappa shape index (κ3) is 4.27. The van der Waals surface area contributed by atoms with E-state index in [1.54, 1.807) is 18.2 Å². The van der Waals surface area contributed by atoms with E-state index in [0.29, 0.717) is 23.6 Å². The lowest BCUT2D eigenvalue weighted by Crippen LogP contribution is -2.25. The number of aromatic nitrogens is 2. The summed E-state index contributed by atoms with van der Waals surface area (Å²) in [4.78, 5) is 23.8. The minimum atomic E-state index is -0.497. The highest BCUT2D eigenvalue weighted by molar-refractivity contribution is 5.94. The highest BCUT2D eigenvalue weighted by Gasteiger charge is 2.20. The fraction of sp³-hybridized carbons (Fsp3) is 0.450. The average Bonchev–Trinajstić information content (AvgIpc) is 3.04. The molecule has 1 aliphatic carbocycles. The van der Waals surface area contributed by atoms with Gasteiger partial charge in [0.1, 0.15) is 0 Å². The molecule has 1 aliphatic rings. The van der Waals surface area contributed by atoms with Gasteiger partial charge >= 0.3 is 5.97 Å². The van der Waals surface area contributed by atoms with Crippen LogP contribution in [0.15, 0.2) is 18.2 Å². The first-order valence-electron chi connectivity index (χ1n) is 9.23. The topological polar surface area (TPSA) is 91.7 Å². The number of methoxy groups -OCH3 is 2. The number of benzene rings is 1. The zero-order valence-electron chi connectivity index (χ0n) is 16.4.